The van der Waals surface area contributed by atoms with Crippen LogP contribution in [-0.4, -0.2) is 28.3 Å². The lowest BCUT2D eigenvalue weighted by molar-refractivity contribution is -0.153. The Bertz CT molecular complexity index is 371. The Morgan fingerprint density at radius 3 is 2.53 bits per heavy atom. The number of hydrogen-bond acceptors (Lipinski definition) is 4. The largest absolute Gasteiger partial charge is 0.459 e. The first-order valence-electron chi connectivity index (χ1n) is 5.72. The molecule has 0 aromatic carbocycles. The van der Waals surface area contributed by atoms with Gasteiger partial charge in [-0.05, 0) is 34.6 Å². The number of ether oxygens (including phenoxy) is 1. The van der Waals surface area contributed by atoms with Crippen molar-refractivity contribution < 1.29 is 9.53 Å². The number of rotatable bonds is 4. The Hall–Kier alpha value is -1.36. The molecule has 0 atom stereocenters. The molecule has 5 heteroatoms. The molecule has 1 aromatic rings. The monoisotopic (exact) mass is 239 g/mol. The molecule has 17 heavy (non-hydrogen) atoms. The number of hydrogen-bond donors (Lipinski definition) is 2. The van der Waals surface area contributed by atoms with E-state index in [0.29, 0.717) is 6.54 Å². The molecule has 96 valence electrons. The molecular formula is C12H21N3O2. The lowest BCUT2D eigenvalue weighted by Gasteiger charge is -2.19. The SMILES string of the molecule is Cc1n[nH]c(C)c1CNCC(=O)OC(C)(C)C. The molecule has 0 saturated heterocycles. The minimum Gasteiger partial charge on any atom is -0.459 e. The number of nitrogens with zero attached hydrogens (tertiary/aromatic N) is 1. The highest BCUT2D eigenvalue weighted by Gasteiger charge is 2.16. The van der Waals surface area contributed by atoms with Gasteiger partial charge in [0.1, 0.15) is 5.60 Å². The summed E-state index contributed by atoms with van der Waals surface area (Å²) >= 11 is 0. The topological polar surface area (TPSA) is 67.0 Å². The molecule has 0 aliphatic rings. The smallest absolute Gasteiger partial charge is 0.320 e. The summed E-state index contributed by atoms with van der Waals surface area (Å²) in [6.45, 7) is 10.3. The van der Waals surface area contributed by atoms with Gasteiger partial charge in [0.15, 0.2) is 0 Å². The van der Waals surface area contributed by atoms with E-state index in [9.17, 15) is 4.79 Å². The summed E-state index contributed by atoms with van der Waals surface area (Å²) in [6, 6.07) is 0. The van der Waals surface area contributed by atoms with Crippen LogP contribution in [0, 0.1) is 13.8 Å². The van der Waals surface area contributed by atoms with Gasteiger partial charge in [-0.2, -0.15) is 5.10 Å². The van der Waals surface area contributed by atoms with Gasteiger partial charge in [-0.1, -0.05) is 0 Å². The van der Waals surface area contributed by atoms with Crippen molar-refractivity contribution in [3.8, 4) is 0 Å². The maximum Gasteiger partial charge on any atom is 0.320 e. The van der Waals surface area contributed by atoms with Crippen molar-refractivity contribution in [3.63, 3.8) is 0 Å². The zero-order valence-corrected chi connectivity index (χ0v) is 11.2. The third-order valence-electron chi connectivity index (χ3n) is 2.27. The Morgan fingerprint density at radius 1 is 1.41 bits per heavy atom. The molecule has 0 amide bonds. The fourth-order valence-electron chi connectivity index (χ4n) is 1.50. The minimum absolute atomic E-state index is 0.210. The van der Waals surface area contributed by atoms with Crippen LogP contribution >= 0.6 is 0 Å². The zero-order valence-electron chi connectivity index (χ0n) is 11.2. The Morgan fingerprint density at radius 2 is 2.06 bits per heavy atom. The number of carbonyl (C=O) groups excluding carboxylic acids is 1. The molecule has 0 radical (unpaired) electrons. The van der Waals surface area contributed by atoms with E-state index in [-0.39, 0.29) is 12.5 Å². The van der Waals surface area contributed by atoms with Gasteiger partial charge in [0, 0.05) is 17.8 Å². The number of aromatic nitrogens is 2. The van der Waals surface area contributed by atoms with E-state index in [1.807, 2.05) is 34.6 Å². The molecule has 0 saturated carbocycles. The second-order valence-electron chi connectivity index (χ2n) is 5.10. The average Bonchev–Trinajstić information content (AvgIpc) is 2.46. The van der Waals surface area contributed by atoms with Gasteiger partial charge < -0.3 is 10.1 Å². The van der Waals surface area contributed by atoms with Gasteiger partial charge >= 0.3 is 5.97 Å². The summed E-state index contributed by atoms with van der Waals surface area (Å²) in [4.78, 5) is 11.4. The van der Waals surface area contributed by atoms with Crippen LogP contribution < -0.4 is 5.32 Å². The molecule has 0 unspecified atom stereocenters. The number of H-pyrrole nitrogens is 1. The molecule has 0 aliphatic heterocycles. The Labute approximate surface area is 102 Å². The van der Waals surface area contributed by atoms with E-state index in [1.165, 1.54) is 0 Å². The molecular weight excluding hydrogens is 218 g/mol. The molecule has 0 fully saturated rings. The van der Waals surface area contributed by atoms with Crippen LogP contribution in [0.25, 0.3) is 0 Å². The van der Waals surface area contributed by atoms with Crippen LogP contribution in [-0.2, 0) is 16.1 Å². The molecule has 1 rings (SSSR count). The van der Waals surface area contributed by atoms with E-state index in [0.717, 1.165) is 17.0 Å². The summed E-state index contributed by atoms with van der Waals surface area (Å²) in [5, 5.41) is 10.1. The van der Waals surface area contributed by atoms with Crippen LogP contribution in [0.15, 0.2) is 0 Å². The van der Waals surface area contributed by atoms with Gasteiger partial charge in [0.25, 0.3) is 0 Å². The van der Waals surface area contributed by atoms with E-state index >= 15 is 0 Å². The van der Waals surface area contributed by atoms with Gasteiger partial charge in [0.05, 0.1) is 12.2 Å². The summed E-state index contributed by atoms with van der Waals surface area (Å²) in [5.74, 6) is -0.240. The summed E-state index contributed by atoms with van der Waals surface area (Å²) in [7, 11) is 0. The van der Waals surface area contributed by atoms with Gasteiger partial charge in [0.2, 0.25) is 0 Å². The second kappa shape index (κ2) is 5.31. The fraction of sp³-hybridized carbons (Fsp3) is 0.667. The maximum absolute atomic E-state index is 11.4. The maximum atomic E-state index is 11.4. The summed E-state index contributed by atoms with van der Waals surface area (Å²) in [6.07, 6.45) is 0. The lowest BCUT2D eigenvalue weighted by atomic mass is 10.2. The third-order valence-corrected chi connectivity index (χ3v) is 2.27. The number of esters is 1. The number of aryl methyl sites for hydroxylation is 2. The predicted octanol–water partition coefficient (Wildman–Crippen LogP) is 1.46. The van der Waals surface area contributed by atoms with Crippen LogP contribution in [0.4, 0.5) is 0 Å². The van der Waals surface area contributed by atoms with Crippen molar-refractivity contribution in [1.29, 1.82) is 0 Å². The number of aromatic amines is 1. The number of carbonyl (C=O) groups is 1. The Balaban J connectivity index is 2.36. The first-order valence-corrected chi connectivity index (χ1v) is 5.72. The quantitative estimate of drug-likeness (QED) is 0.781. The van der Waals surface area contributed by atoms with Crippen molar-refractivity contribution in [2.24, 2.45) is 0 Å². The molecule has 5 nitrogen and oxygen atoms in total. The van der Waals surface area contributed by atoms with Gasteiger partial charge in [-0.15, -0.1) is 0 Å². The highest BCUT2D eigenvalue weighted by atomic mass is 16.6. The van der Waals surface area contributed by atoms with Crippen molar-refractivity contribution in [2.75, 3.05) is 6.54 Å². The summed E-state index contributed by atoms with van der Waals surface area (Å²) < 4.78 is 5.19. The van der Waals surface area contributed by atoms with Crippen LogP contribution in [0.1, 0.15) is 37.7 Å². The first-order chi connectivity index (χ1) is 7.79. The molecule has 1 heterocycles. The van der Waals surface area contributed by atoms with E-state index in [1.54, 1.807) is 0 Å². The third kappa shape index (κ3) is 4.56. The van der Waals surface area contributed by atoms with Crippen LogP contribution in [0.5, 0.6) is 0 Å². The van der Waals surface area contributed by atoms with Crippen LogP contribution in [0.2, 0.25) is 0 Å². The van der Waals surface area contributed by atoms with Crippen molar-refractivity contribution in [1.82, 2.24) is 15.5 Å². The van der Waals surface area contributed by atoms with Crippen LogP contribution in [0.3, 0.4) is 0 Å². The predicted molar refractivity (Wildman–Crippen MR) is 65.6 cm³/mol. The highest BCUT2D eigenvalue weighted by Crippen LogP contribution is 2.09. The molecule has 0 spiro atoms. The Kier molecular flexibility index (Phi) is 4.28. The molecule has 0 bridgehead atoms. The van der Waals surface area contributed by atoms with Gasteiger partial charge in [-0.25, -0.2) is 0 Å². The van der Waals surface area contributed by atoms with E-state index in [2.05, 4.69) is 15.5 Å². The fourth-order valence-corrected chi connectivity index (χ4v) is 1.50. The van der Waals surface area contributed by atoms with Crippen molar-refractivity contribution >= 4 is 5.97 Å². The molecule has 1 aromatic heterocycles. The van der Waals surface area contributed by atoms with Crippen molar-refractivity contribution in [2.45, 2.75) is 46.8 Å². The molecule has 2 N–H and O–H groups in total. The van der Waals surface area contributed by atoms with E-state index in [4.69, 9.17) is 4.74 Å². The lowest BCUT2D eigenvalue weighted by Crippen LogP contribution is -2.31. The van der Waals surface area contributed by atoms with Gasteiger partial charge in [-0.3, -0.25) is 9.89 Å². The minimum atomic E-state index is -0.430. The second-order valence-corrected chi connectivity index (χ2v) is 5.10. The molecule has 0 aliphatic carbocycles. The zero-order chi connectivity index (χ0) is 13.1. The van der Waals surface area contributed by atoms with E-state index < -0.39 is 5.60 Å². The average molecular weight is 239 g/mol. The number of nitrogens with one attached hydrogen (secondary N) is 2. The van der Waals surface area contributed by atoms with Crippen molar-refractivity contribution in [3.05, 3.63) is 17.0 Å². The highest BCUT2D eigenvalue weighted by molar-refractivity contribution is 5.72. The standard InChI is InChI=1S/C12H21N3O2/c1-8-10(9(2)15-14-8)6-13-7-11(16)17-12(3,4)5/h13H,6-7H2,1-5H3,(H,14,15). The normalized spacial score (nSPS) is 11.6. The summed E-state index contributed by atoms with van der Waals surface area (Å²) in [5.41, 5.74) is 2.66. The first kappa shape index (κ1) is 13.7.